The van der Waals surface area contributed by atoms with Gasteiger partial charge in [0.2, 0.25) is 0 Å². The second-order valence-corrected chi connectivity index (χ2v) is 6.71. The first-order valence-corrected chi connectivity index (χ1v) is 10.2. The molecule has 2 rings (SSSR count). The quantitative estimate of drug-likeness (QED) is 0.245. The molecular weight excluding hydrogens is 507 g/mol. The van der Waals surface area contributed by atoms with Crippen LogP contribution in [0.3, 0.4) is 0 Å². The first-order chi connectivity index (χ1) is 14.5. The van der Waals surface area contributed by atoms with E-state index in [0.29, 0.717) is 38.0 Å². The average Bonchev–Trinajstić information content (AvgIpc) is 2.74. The van der Waals surface area contributed by atoms with Crippen molar-refractivity contribution in [3.63, 3.8) is 0 Å². The smallest absolute Gasteiger partial charge is 0.257 e. The number of halogens is 1. The van der Waals surface area contributed by atoms with Crippen molar-refractivity contribution in [2.24, 2.45) is 4.99 Å². The number of nitrogens with one attached hydrogen (secondary N) is 3. The van der Waals surface area contributed by atoms with E-state index in [1.807, 2.05) is 51.1 Å². The zero-order valence-corrected chi connectivity index (χ0v) is 21.0. The number of carbonyl (C=O) groups excluding carboxylic acids is 1. The number of amides is 1. The number of ether oxygens (including phenoxy) is 2. The summed E-state index contributed by atoms with van der Waals surface area (Å²) < 4.78 is 11.3. The summed E-state index contributed by atoms with van der Waals surface area (Å²) in [5, 5.41) is 9.32. The van der Waals surface area contributed by atoms with E-state index in [-0.39, 0.29) is 36.5 Å². The molecule has 0 aliphatic carbocycles. The Hall–Kier alpha value is -2.49. The van der Waals surface area contributed by atoms with Crippen LogP contribution in [0.1, 0.15) is 30.5 Å². The SMILES string of the molecule is CCNC(=O)COc1cccc(CNC(=NC)NCc2ccc(C)cc2OCC)c1.I. The van der Waals surface area contributed by atoms with Crippen LogP contribution >= 0.6 is 24.0 Å². The number of rotatable bonds is 10. The molecule has 0 saturated heterocycles. The largest absolute Gasteiger partial charge is 0.494 e. The molecule has 3 N–H and O–H groups in total. The first-order valence-electron chi connectivity index (χ1n) is 10.2. The Morgan fingerprint density at radius 2 is 1.77 bits per heavy atom. The number of benzene rings is 2. The van der Waals surface area contributed by atoms with Crippen LogP contribution in [-0.4, -0.2) is 38.7 Å². The maximum absolute atomic E-state index is 11.5. The van der Waals surface area contributed by atoms with Crippen molar-refractivity contribution in [1.29, 1.82) is 0 Å². The number of guanidine groups is 1. The van der Waals surface area contributed by atoms with E-state index < -0.39 is 0 Å². The third kappa shape index (κ3) is 9.46. The van der Waals surface area contributed by atoms with Gasteiger partial charge < -0.3 is 25.4 Å². The van der Waals surface area contributed by atoms with Crippen molar-refractivity contribution < 1.29 is 14.3 Å². The highest BCUT2D eigenvalue weighted by Gasteiger charge is 2.06. The number of nitrogens with zero attached hydrogens (tertiary/aromatic N) is 1. The van der Waals surface area contributed by atoms with Crippen molar-refractivity contribution in [3.8, 4) is 11.5 Å². The van der Waals surface area contributed by atoms with Crippen molar-refractivity contribution in [2.45, 2.75) is 33.9 Å². The fourth-order valence-electron chi connectivity index (χ4n) is 2.83. The lowest BCUT2D eigenvalue weighted by Crippen LogP contribution is -2.36. The molecule has 0 bridgehead atoms. The lowest BCUT2D eigenvalue weighted by atomic mass is 10.1. The van der Waals surface area contributed by atoms with Crippen LogP contribution < -0.4 is 25.4 Å². The van der Waals surface area contributed by atoms with Crippen LogP contribution in [0.15, 0.2) is 47.5 Å². The molecule has 0 unspecified atom stereocenters. The number of carbonyl (C=O) groups is 1. The van der Waals surface area contributed by atoms with Crippen LogP contribution in [0.25, 0.3) is 0 Å². The summed E-state index contributed by atoms with van der Waals surface area (Å²) in [7, 11) is 1.74. The molecule has 31 heavy (non-hydrogen) atoms. The van der Waals surface area contributed by atoms with Crippen molar-refractivity contribution in [2.75, 3.05) is 26.8 Å². The van der Waals surface area contributed by atoms with E-state index in [4.69, 9.17) is 9.47 Å². The Bertz CT molecular complexity index is 858. The molecule has 8 heteroatoms. The van der Waals surface area contributed by atoms with Gasteiger partial charge in [0, 0.05) is 32.2 Å². The Morgan fingerprint density at radius 1 is 1.00 bits per heavy atom. The normalized spacial score (nSPS) is 10.6. The zero-order chi connectivity index (χ0) is 21.8. The summed E-state index contributed by atoms with van der Waals surface area (Å²) in [5.41, 5.74) is 3.27. The number of hydrogen-bond donors (Lipinski definition) is 3. The number of aryl methyl sites for hydroxylation is 1. The molecule has 0 atom stereocenters. The molecule has 0 spiro atoms. The topological polar surface area (TPSA) is 84.0 Å². The minimum Gasteiger partial charge on any atom is -0.494 e. The monoisotopic (exact) mass is 540 g/mol. The summed E-state index contributed by atoms with van der Waals surface area (Å²) >= 11 is 0. The van der Waals surface area contributed by atoms with Gasteiger partial charge in [-0.1, -0.05) is 24.3 Å². The first kappa shape index (κ1) is 26.5. The highest BCUT2D eigenvalue weighted by atomic mass is 127. The third-order valence-corrected chi connectivity index (χ3v) is 4.29. The molecule has 1 amide bonds. The van der Waals surface area contributed by atoms with Crippen LogP contribution in [0.5, 0.6) is 11.5 Å². The van der Waals surface area contributed by atoms with E-state index in [1.165, 1.54) is 5.56 Å². The fourth-order valence-corrected chi connectivity index (χ4v) is 2.83. The third-order valence-electron chi connectivity index (χ3n) is 4.29. The second kappa shape index (κ2) is 14.5. The summed E-state index contributed by atoms with van der Waals surface area (Å²) in [5.74, 6) is 2.10. The minimum atomic E-state index is -0.131. The zero-order valence-electron chi connectivity index (χ0n) is 18.7. The highest BCUT2D eigenvalue weighted by Crippen LogP contribution is 2.20. The highest BCUT2D eigenvalue weighted by molar-refractivity contribution is 14.0. The Morgan fingerprint density at radius 3 is 2.48 bits per heavy atom. The molecule has 2 aromatic carbocycles. The molecule has 0 radical (unpaired) electrons. The van der Waals surface area contributed by atoms with Crippen LogP contribution in [-0.2, 0) is 17.9 Å². The van der Waals surface area contributed by atoms with E-state index in [9.17, 15) is 4.79 Å². The van der Waals surface area contributed by atoms with Crippen LogP contribution in [0.2, 0.25) is 0 Å². The minimum absolute atomic E-state index is 0. The fraction of sp³-hybridized carbons (Fsp3) is 0.391. The molecule has 7 nitrogen and oxygen atoms in total. The van der Waals surface area contributed by atoms with Gasteiger partial charge in [-0.05, 0) is 50.1 Å². The van der Waals surface area contributed by atoms with Gasteiger partial charge in [0.25, 0.3) is 5.91 Å². The predicted molar refractivity (Wildman–Crippen MR) is 135 cm³/mol. The molecule has 0 aliphatic rings. The average molecular weight is 540 g/mol. The Kier molecular flexibility index (Phi) is 12.4. The summed E-state index contributed by atoms with van der Waals surface area (Å²) in [6, 6.07) is 13.8. The molecule has 2 aromatic rings. The molecule has 0 heterocycles. The van der Waals surface area contributed by atoms with Crippen molar-refractivity contribution in [3.05, 3.63) is 59.2 Å². The van der Waals surface area contributed by atoms with Crippen LogP contribution in [0, 0.1) is 6.92 Å². The second-order valence-electron chi connectivity index (χ2n) is 6.71. The Balaban J connectivity index is 0.00000480. The van der Waals surface area contributed by atoms with Gasteiger partial charge in [-0.2, -0.15) is 0 Å². The van der Waals surface area contributed by atoms with Gasteiger partial charge in [0.1, 0.15) is 11.5 Å². The molecule has 0 saturated carbocycles. The summed E-state index contributed by atoms with van der Waals surface area (Å²) in [6.45, 7) is 8.31. The van der Waals surface area contributed by atoms with Gasteiger partial charge >= 0.3 is 0 Å². The van der Waals surface area contributed by atoms with Crippen molar-refractivity contribution in [1.82, 2.24) is 16.0 Å². The van der Waals surface area contributed by atoms with Gasteiger partial charge in [-0.25, -0.2) is 0 Å². The lowest BCUT2D eigenvalue weighted by Gasteiger charge is -2.15. The van der Waals surface area contributed by atoms with Crippen molar-refractivity contribution >= 4 is 35.8 Å². The molecular formula is C23H33IN4O3. The maximum atomic E-state index is 11.5. The molecule has 0 aliphatic heterocycles. The van der Waals surface area contributed by atoms with Crippen LogP contribution in [0.4, 0.5) is 0 Å². The molecule has 0 aromatic heterocycles. The van der Waals surface area contributed by atoms with Gasteiger partial charge in [0.15, 0.2) is 12.6 Å². The molecule has 170 valence electrons. The standard InChI is InChI=1S/C23H32N4O3.HI/c1-5-25-22(28)16-30-20-9-7-8-18(13-20)14-26-23(24-4)27-15-19-11-10-17(3)12-21(19)29-6-2;/h7-13H,5-6,14-16H2,1-4H3,(H,25,28)(H2,24,26,27);1H. The van der Waals surface area contributed by atoms with E-state index in [0.717, 1.165) is 16.9 Å². The van der Waals surface area contributed by atoms with E-state index in [1.54, 1.807) is 7.05 Å². The van der Waals surface area contributed by atoms with E-state index >= 15 is 0 Å². The number of aliphatic imine (C=N–C) groups is 1. The molecule has 0 fully saturated rings. The number of likely N-dealkylation sites (N-methyl/N-ethyl adjacent to an activating group) is 1. The summed E-state index contributed by atoms with van der Waals surface area (Å²) in [6.07, 6.45) is 0. The Labute approximate surface area is 202 Å². The van der Waals surface area contributed by atoms with Gasteiger partial charge in [-0.3, -0.25) is 9.79 Å². The van der Waals surface area contributed by atoms with Gasteiger partial charge in [0.05, 0.1) is 6.61 Å². The number of hydrogen-bond acceptors (Lipinski definition) is 4. The predicted octanol–water partition coefficient (Wildman–Crippen LogP) is 3.39. The van der Waals surface area contributed by atoms with E-state index in [2.05, 4.69) is 33.1 Å². The summed E-state index contributed by atoms with van der Waals surface area (Å²) in [4.78, 5) is 15.8. The maximum Gasteiger partial charge on any atom is 0.257 e. The lowest BCUT2D eigenvalue weighted by molar-refractivity contribution is -0.122. The van der Waals surface area contributed by atoms with Gasteiger partial charge in [-0.15, -0.1) is 24.0 Å².